The molecule has 0 spiro atoms. The fourth-order valence-corrected chi connectivity index (χ4v) is 3.14. The molecule has 0 unspecified atom stereocenters. The molecule has 3 N–H and O–H groups in total. The molecule has 5 heteroatoms. The van der Waals surface area contributed by atoms with E-state index in [-0.39, 0.29) is 5.56 Å². The van der Waals surface area contributed by atoms with Crippen molar-refractivity contribution < 1.29 is 9.90 Å². The SMILES string of the molecule is CNc1cc(-c2c[nH]c3ncc(-c4ccccc4)cc23)ccc1C(=O)O. The van der Waals surface area contributed by atoms with E-state index in [0.29, 0.717) is 5.69 Å². The van der Waals surface area contributed by atoms with Gasteiger partial charge in [0.25, 0.3) is 0 Å². The quantitative estimate of drug-likeness (QED) is 0.504. The molecule has 0 radical (unpaired) electrons. The van der Waals surface area contributed by atoms with Crippen molar-refractivity contribution in [3.63, 3.8) is 0 Å². The molecule has 2 aromatic heterocycles. The number of benzene rings is 2. The highest BCUT2D eigenvalue weighted by Crippen LogP contribution is 2.33. The van der Waals surface area contributed by atoms with Crippen LogP contribution >= 0.6 is 0 Å². The molecule has 4 rings (SSSR count). The number of nitrogens with one attached hydrogen (secondary N) is 2. The molecule has 0 aliphatic rings. The Kier molecular flexibility index (Phi) is 3.89. The van der Waals surface area contributed by atoms with Gasteiger partial charge in [-0.05, 0) is 29.3 Å². The van der Waals surface area contributed by atoms with Gasteiger partial charge >= 0.3 is 5.97 Å². The molecule has 0 saturated heterocycles. The van der Waals surface area contributed by atoms with Crippen LogP contribution < -0.4 is 5.32 Å². The number of rotatable bonds is 4. The zero-order valence-corrected chi connectivity index (χ0v) is 14.2. The highest BCUT2D eigenvalue weighted by molar-refractivity contribution is 5.99. The minimum atomic E-state index is -0.951. The Bertz CT molecular complexity index is 1100. The van der Waals surface area contributed by atoms with Crippen LogP contribution in [0.25, 0.3) is 33.3 Å². The van der Waals surface area contributed by atoms with Crippen molar-refractivity contribution in [1.29, 1.82) is 0 Å². The number of aromatic nitrogens is 2. The highest BCUT2D eigenvalue weighted by Gasteiger charge is 2.13. The molecule has 0 atom stereocenters. The van der Waals surface area contributed by atoms with Gasteiger partial charge < -0.3 is 15.4 Å². The van der Waals surface area contributed by atoms with Gasteiger partial charge in [-0.15, -0.1) is 0 Å². The number of carboxylic acids is 1. The largest absolute Gasteiger partial charge is 0.478 e. The maximum atomic E-state index is 11.3. The van der Waals surface area contributed by atoms with Crippen molar-refractivity contribution in [2.45, 2.75) is 0 Å². The first-order chi connectivity index (χ1) is 12.7. The number of pyridine rings is 1. The summed E-state index contributed by atoms with van der Waals surface area (Å²) in [6.45, 7) is 0. The van der Waals surface area contributed by atoms with E-state index in [1.165, 1.54) is 0 Å². The van der Waals surface area contributed by atoms with E-state index in [9.17, 15) is 9.90 Å². The van der Waals surface area contributed by atoms with Crippen LogP contribution in [0.2, 0.25) is 0 Å². The normalized spacial score (nSPS) is 10.8. The minimum Gasteiger partial charge on any atom is -0.478 e. The Morgan fingerprint density at radius 1 is 1.04 bits per heavy atom. The Labute approximate surface area is 150 Å². The highest BCUT2D eigenvalue weighted by atomic mass is 16.4. The number of carbonyl (C=O) groups is 1. The maximum Gasteiger partial charge on any atom is 0.337 e. The van der Waals surface area contributed by atoms with Crippen molar-refractivity contribution in [2.24, 2.45) is 0 Å². The summed E-state index contributed by atoms with van der Waals surface area (Å²) >= 11 is 0. The number of hydrogen-bond acceptors (Lipinski definition) is 3. The summed E-state index contributed by atoms with van der Waals surface area (Å²) < 4.78 is 0. The molecular weight excluding hydrogens is 326 g/mol. The third kappa shape index (κ3) is 2.69. The van der Waals surface area contributed by atoms with E-state index in [0.717, 1.165) is 33.3 Å². The third-order valence-corrected chi connectivity index (χ3v) is 4.47. The van der Waals surface area contributed by atoms with Gasteiger partial charge in [0.1, 0.15) is 5.65 Å². The molecule has 0 bridgehead atoms. The van der Waals surface area contributed by atoms with Crippen LogP contribution in [0.15, 0.2) is 67.0 Å². The predicted molar refractivity (Wildman–Crippen MR) is 103 cm³/mol. The fraction of sp³-hybridized carbons (Fsp3) is 0.0476. The van der Waals surface area contributed by atoms with Gasteiger partial charge in [-0.2, -0.15) is 0 Å². The average molecular weight is 343 g/mol. The number of fused-ring (bicyclic) bond motifs is 1. The van der Waals surface area contributed by atoms with Gasteiger partial charge in [-0.3, -0.25) is 0 Å². The van der Waals surface area contributed by atoms with Crippen LogP contribution in [0.3, 0.4) is 0 Å². The number of hydrogen-bond donors (Lipinski definition) is 3. The monoisotopic (exact) mass is 343 g/mol. The van der Waals surface area contributed by atoms with Gasteiger partial charge in [0.05, 0.1) is 5.56 Å². The van der Waals surface area contributed by atoms with Gasteiger partial charge in [0.15, 0.2) is 0 Å². The van der Waals surface area contributed by atoms with Crippen LogP contribution in [0.4, 0.5) is 5.69 Å². The number of H-pyrrole nitrogens is 1. The Morgan fingerprint density at radius 3 is 2.58 bits per heavy atom. The summed E-state index contributed by atoms with van der Waals surface area (Å²) in [5.41, 5.74) is 5.68. The number of carboxylic acid groups (broad SMARTS) is 1. The average Bonchev–Trinajstić information content (AvgIpc) is 3.11. The van der Waals surface area contributed by atoms with Gasteiger partial charge in [-0.1, -0.05) is 36.4 Å². The van der Waals surface area contributed by atoms with Gasteiger partial charge in [0.2, 0.25) is 0 Å². The second-order valence-corrected chi connectivity index (χ2v) is 6.00. The molecule has 2 aromatic carbocycles. The van der Waals surface area contributed by atoms with E-state index in [4.69, 9.17) is 0 Å². The molecule has 0 aliphatic heterocycles. The lowest BCUT2D eigenvalue weighted by atomic mass is 10.0. The molecule has 2 heterocycles. The first kappa shape index (κ1) is 15.9. The van der Waals surface area contributed by atoms with Crippen molar-refractivity contribution in [3.05, 3.63) is 72.6 Å². The first-order valence-electron chi connectivity index (χ1n) is 8.25. The van der Waals surface area contributed by atoms with Crippen LogP contribution in [0.1, 0.15) is 10.4 Å². The van der Waals surface area contributed by atoms with Crippen LogP contribution in [0, 0.1) is 0 Å². The molecule has 4 aromatic rings. The lowest BCUT2D eigenvalue weighted by Gasteiger charge is -2.08. The van der Waals surface area contributed by atoms with Crippen molar-refractivity contribution in [3.8, 4) is 22.3 Å². The number of aromatic amines is 1. The molecule has 26 heavy (non-hydrogen) atoms. The summed E-state index contributed by atoms with van der Waals surface area (Å²) in [6, 6.07) is 17.5. The zero-order chi connectivity index (χ0) is 18.1. The van der Waals surface area contributed by atoms with E-state index in [2.05, 4.69) is 33.5 Å². The van der Waals surface area contributed by atoms with E-state index in [1.54, 1.807) is 13.1 Å². The summed E-state index contributed by atoms with van der Waals surface area (Å²) in [5.74, 6) is -0.951. The van der Waals surface area contributed by atoms with Crippen molar-refractivity contribution in [2.75, 3.05) is 12.4 Å². The number of anilines is 1. The maximum absolute atomic E-state index is 11.3. The fourth-order valence-electron chi connectivity index (χ4n) is 3.14. The smallest absolute Gasteiger partial charge is 0.337 e. The van der Waals surface area contributed by atoms with Gasteiger partial charge in [0, 0.05) is 41.6 Å². The van der Waals surface area contributed by atoms with Crippen LogP contribution in [0.5, 0.6) is 0 Å². The lowest BCUT2D eigenvalue weighted by Crippen LogP contribution is -2.02. The molecule has 128 valence electrons. The first-order valence-corrected chi connectivity index (χ1v) is 8.25. The molecule has 5 nitrogen and oxygen atoms in total. The molecule has 0 fully saturated rings. The van der Waals surface area contributed by atoms with E-state index < -0.39 is 5.97 Å². The van der Waals surface area contributed by atoms with E-state index >= 15 is 0 Å². The minimum absolute atomic E-state index is 0.249. The standard InChI is InChI=1S/C21H17N3O2/c1-22-19-10-14(7-8-16(19)21(25)26)18-12-24-20-17(18)9-15(11-23-20)13-5-3-2-4-6-13/h2-12,22H,1H3,(H,23,24)(H,25,26). The second-order valence-electron chi connectivity index (χ2n) is 6.00. The van der Waals surface area contributed by atoms with Crippen LogP contribution in [-0.2, 0) is 0 Å². The second kappa shape index (κ2) is 6.37. The summed E-state index contributed by atoms with van der Waals surface area (Å²) in [5, 5.41) is 13.3. The van der Waals surface area contributed by atoms with Crippen LogP contribution in [-0.4, -0.2) is 28.1 Å². The number of aromatic carboxylic acids is 1. The topological polar surface area (TPSA) is 78.0 Å². The van der Waals surface area contributed by atoms with Gasteiger partial charge in [-0.25, -0.2) is 9.78 Å². The molecule has 0 saturated carbocycles. The summed E-state index contributed by atoms with van der Waals surface area (Å²) in [7, 11) is 1.72. The van der Waals surface area contributed by atoms with Crippen molar-refractivity contribution >= 4 is 22.7 Å². The number of nitrogens with zero attached hydrogens (tertiary/aromatic N) is 1. The molecule has 0 amide bonds. The lowest BCUT2D eigenvalue weighted by molar-refractivity contribution is 0.0698. The zero-order valence-electron chi connectivity index (χ0n) is 14.2. The molecular formula is C21H17N3O2. The predicted octanol–water partition coefficient (Wildman–Crippen LogP) is 4.64. The Balaban J connectivity index is 1.86. The van der Waals surface area contributed by atoms with E-state index in [1.807, 2.05) is 42.7 Å². The van der Waals surface area contributed by atoms with Crippen molar-refractivity contribution in [1.82, 2.24) is 9.97 Å². The molecule has 0 aliphatic carbocycles. The Morgan fingerprint density at radius 2 is 1.85 bits per heavy atom. The summed E-state index contributed by atoms with van der Waals surface area (Å²) in [4.78, 5) is 19.1. The third-order valence-electron chi connectivity index (χ3n) is 4.47. The summed E-state index contributed by atoms with van der Waals surface area (Å²) in [6.07, 6.45) is 3.76. The Hall–Kier alpha value is -3.60.